The Kier molecular flexibility index (Phi) is 24.4. The van der Waals surface area contributed by atoms with Crippen LogP contribution >= 0.6 is 0 Å². The van der Waals surface area contributed by atoms with Crippen LogP contribution in [0.2, 0.25) is 0 Å². The van der Waals surface area contributed by atoms with Gasteiger partial charge in [0.1, 0.15) is 13.2 Å². The lowest BCUT2D eigenvalue weighted by Gasteiger charge is -2.17. The van der Waals surface area contributed by atoms with Crippen LogP contribution in [0.5, 0.6) is 0 Å². The number of amides is 2. The van der Waals surface area contributed by atoms with Gasteiger partial charge in [-0.2, -0.15) is 0 Å². The maximum absolute atomic E-state index is 11.8. The van der Waals surface area contributed by atoms with Crippen molar-refractivity contribution in [3.63, 3.8) is 0 Å². The van der Waals surface area contributed by atoms with Gasteiger partial charge < -0.3 is 49.2 Å². The number of hydrogen-bond donors (Lipinski definition) is 2. The van der Waals surface area contributed by atoms with Crippen molar-refractivity contribution < 1.29 is 28.5 Å². The molecule has 0 rings (SSSR count). The van der Waals surface area contributed by atoms with Crippen LogP contribution in [0.15, 0.2) is 0 Å². The number of rotatable bonds is 25. The van der Waals surface area contributed by atoms with Gasteiger partial charge in [-0.05, 0) is 55.1 Å². The summed E-state index contributed by atoms with van der Waals surface area (Å²) in [5.41, 5.74) is 0. The molecule has 12 nitrogen and oxygen atoms in total. The normalized spacial score (nSPS) is 11.5. The third-order valence-corrected chi connectivity index (χ3v) is 5.65. The van der Waals surface area contributed by atoms with Crippen LogP contribution in [-0.2, 0) is 18.9 Å². The van der Waals surface area contributed by atoms with Gasteiger partial charge in [-0.25, -0.2) is 9.59 Å². The molecular weight excluding hydrogens is 492 g/mol. The Morgan fingerprint density at radius 1 is 0.500 bits per heavy atom. The molecule has 2 amide bonds. The van der Waals surface area contributed by atoms with Crippen molar-refractivity contribution in [1.29, 1.82) is 0 Å². The lowest BCUT2D eigenvalue weighted by atomic mass is 10.2. The van der Waals surface area contributed by atoms with Crippen LogP contribution in [-0.4, -0.2) is 166 Å². The molecule has 0 fully saturated rings. The average molecular weight is 549 g/mol. The van der Waals surface area contributed by atoms with E-state index in [1.54, 1.807) is 0 Å². The second kappa shape index (κ2) is 25.6. The Balaban J connectivity index is 3.45. The molecular formula is C26H56N6O6. The first kappa shape index (κ1) is 36.3. The zero-order chi connectivity index (χ0) is 28.4. The quantitative estimate of drug-likeness (QED) is 0.161. The Bertz CT molecular complexity index is 522. The monoisotopic (exact) mass is 548 g/mol. The van der Waals surface area contributed by atoms with E-state index in [1.165, 1.54) is 0 Å². The van der Waals surface area contributed by atoms with Crippen LogP contribution in [0.3, 0.4) is 0 Å². The first-order valence-electron chi connectivity index (χ1n) is 13.8. The van der Waals surface area contributed by atoms with Crippen LogP contribution in [0, 0.1) is 0 Å². The maximum atomic E-state index is 11.8. The third kappa shape index (κ3) is 27.3. The molecule has 0 saturated carbocycles. The van der Waals surface area contributed by atoms with E-state index < -0.39 is 0 Å². The predicted octanol–water partition coefficient (Wildman–Crippen LogP) is 1.02. The molecule has 0 aliphatic carbocycles. The van der Waals surface area contributed by atoms with Gasteiger partial charge in [-0.3, -0.25) is 0 Å². The van der Waals surface area contributed by atoms with Crippen molar-refractivity contribution in [3.8, 4) is 0 Å². The molecule has 0 aromatic carbocycles. The van der Waals surface area contributed by atoms with Gasteiger partial charge in [-0.15, -0.1) is 0 Å². The molecule has 0 unspecified atom stereocenters. The van der Waals surface area contributed by atoms with E-state index in [-0.39, 0.29) is 12.2 Å². The van der Waals surface area contributed by atoms with Gasteiger partial charge in [0, 0.05) is 52.4 Å². The molecule has 0 bridgehead atoms. The molecule has 2 N–H and O–H groups in total. The summed E-state index contributed by atoms with van der Waals surface area (Å²) in [5, 5.41) is 5.56. The van der Waals surface area contributed by atoms with E-state index in [9.17, 15) is 9.59 Å². The number of hydrogen-bond acceptors (Lipinski definition) is 10. The molecule has 0 aromatic heterocycles. The number of likely N-dealkylation sites (N-methyl/N-ethyl adjacent to an activating group) is 4. The largest absolute Gasteiger partial charge is 0.448 e. The molecule has 38 heavy (non-hydrogen) atoms. The molecule has 0 aliphatic rings. The third-order valence-electron chi connectivity index (χ3n) is 5.65. The van der Waals surface area contributed by atoms with E-state index in [1.807, 2.05) is 42.3 Å². The smallest absolute Gasteiger partial charge is 0.407 e. The topological polar surface area (TPSA) is 108 Å². The van der Waals surface area contributed by atoms with E-state index in [2.05, 4.69) is 30.2 Å². The number of nitrogens with zero attached hydrogens (tertiary/aromatic N) is 4. The highest BCUT2D eigenvalue weighted by molar-refractivity contribution is 5.67. The summed E-state index contributed by atoms with van der Waals surface area (Å²) in [7, 11) is 12.0. The van der Waals surface area contributed by atoms with Crippen molar-refractivity contribution in [2.75, 3.05) is 134 Å². The van der Waals surface area contributed by atoms with Gasteiger partial charge >= 0.3 is 12.2 Å². The highest BCUT2D eigenvalue weighted by Crippen LogP contribution is 1.98. The Morgan fingerprint density at radius 3 is 1.21 bits per heavy atom. The summed E-state index contributed by atoms with van der Waals surface area (Å²) < 4.78 is 21.6. The highest BCUT2D eigenvalue weighted by atomic mass is 16.6. The van der Waals surface area contributed by atoms with Crippen LogP contribution < -0.4 is 10.6 Å². The van der Waals surface area contributed by atoms with Gasteiger partial charge in [0.25, 0.3) is 0 Å². The molecule has 12 heteroatoms. The fraction of sp³-hybridized carbons (Fsp3) is 0.923. The van der Waals surface area contributed by atoms with Crippen molar-refractivity contribution in [2.45, 2.75) is 25.7 Å². The maximum Gasteiger partial charge on any atom is 0.407 e. The lowest BCUT2D eigenvalue weighted by molar-refractivity contribution is 0.0887. The minimum absolute atomic E-state index is 0.351. The molecule has 0 heterocycles. The minimum atomic E-state index is -0.382. The number of carbonyl (C=O) groups is 2. The number of carbonyl (C=O) groups excluding carboxylic acids is 2. The Morgan fingerprint density at radius 2 is 0.842 bits per heavy atom. The van der Waals surface area contributed by atoms with Gasteiger partial charge in [0.2, 0.25) is 0 Å². The van der Waals surface area contributed by atoms with Gasteiger partial charge in [0.05, 0.1) is 26.4 Å². The molecule has 226 valence electrons. The van der Waals surface area contributed by atoms with Crippen LogP contribution in [0.4, 0.5) is 9.59 Å². The van der Waals surface area contributed by atoms with E-state index in [0.717, 1.165) is 65.1 Å². The molecule has 0 radical (unpaired) electrons. The van der Waals surface area contributed by atoms with Gasteiger partial charge in [0.15, 0.2) is 0 Å². The van der Waals surface area contributed by atoms with Crippen molar-refractivity contribution >= 4 is 12.2 Å². The molecule has 0 atom stereocenters. The first-order valence-corrected chi connectivity index (χ1v) is 13.8. The van der Waals surface area contributed by atoms with E-state index >= 15 is 0 Å². The molecule has 0 aliphatic heterocycles. The second-order valence-corrected chi connectivity index (χ2v) is 9.98. The Hall–Kier alpha value is -1.70. The number of nitrogens with one attached hydrogen (secondary N) is 2. The van der Waals surface area contributed by atoms with Crippen LogP contribution in [0.25, 0.3) is 0 Å². The number of unbranched alkanes of at least 4 members (excludes halogenated alkanes) is 3. The summed E-state index contributed by atoms with van der Waals surface area (Å²) in [5.74, 6) is 0. The zero-order valence-electron chi connectivity index (χ0n) is 25.0. The summed E-state index contributed by atoms with van der Waals surface area (Å²) in [4.78, 5) is 31.9. The molecule has 0 spiro atoms. The number of alkyl carbamates (subject to hydrolysis) is 2. The first-order chi connectivity index (χ1) is 18.2. The van der Waals surface area contributed by atoms with E-state index in [4.69, 9.17) is 18.9 Å². The number of ether oxygens (including phenoxy) is 4. The zero-order valence-corrected chi connectivity index (χ0v) is 25.0. The van der Waals surface area contributed by atoms with Crippen LogP contribution in [0.1, 0.15) is 25.7 Å². The molecule has 0 saturated heterocycles. The molecule has 0 aromatic rings. The second-order valence-electron chi connectivity index (χ2n) is 9.98. The fourth-order valence-electron chi connectivity index (χ4n) is 3.04. The fourth-order valence-corrected chi connectivity index (χ4v) is 3.04. The Labute approximate surface area is 231 Å². The summed E-state index contributed by atoms with van der Waals surface area (Å²) >= 11 is 0. The van der Waals surface area contributed by atoms with Crippen molar-refractivity contribution in [3.05, 3.63) is 0 Å². The average Bonchev–Trinajstić information content (AvgIpc) is 2.84. The van der Waals surface area contributed by atoms with Crippen molar-refractivity contribution in [1.82, 2.24) is 30.2 Å². The van der Waals surface area contributed by atoms with Crippen molar-refractivity contribution in [2.24, 2.45) is 0 Å². The summed E-state index contributed by atoms with van der Waals surface area (Å²) in [6.07, 6.45) is 2.91. The predicted molar refractivity (Wildman–Crippen MR) is 151 cm³/mol. The summed E-state index contributed by atoms with van der Waals surface area (Å²) in [6.45, 7) is 9.39. The standard InChI is InChI=1S/C26H56N6O6/c1-29(2)13-19-35-21-15-31(5)17-23-37-25(33)27-11-9-7-8-10-12-28-26(34)38-24-18-32(6)16-22-36-20-14-30(3)4/h7-24H2,1-6H3,(H,27,33)(H,28,34). The van der Waals surface area contributed by atoms with E-state index in [0.29, 0.717) is 52.6 Å². The lowest BCUT2D eigenvalue weighted by Crippen LogP contribution is -2.31. The highest BCUT2D eigenvalue weighted by Gasteiger charge is 2.05. The van der Waals surface area contributed by atoms with Gasteiger partial charge in [-0.1, -0.05) is 12.8 Å². The summed E-state index contributed by atoms with van der Waals surface area (Å²) in [6, 6.07) is 0. The minimum Gasteiger partial charge on any atom is -0.448 e. The SMILES string of the molecule is CN(C)CCOCCN(C)CCOC(=O)NCCCCCCNC(=O)OCCN(C)CCOCCN(C)C.